The fraction of sp³-hybridized carbons (Fsp3) is 0.400. The quantitative estimate of drug-likeness (QED) is 0.941. The number of nitrogens with zero attached hydrogens (tertiary/aromatic N) is 2. The van der Waals surface area contributed by atoms with Crippen molar-refractivity contribution in [2.24, 2.45) is 0 Å². The highest BCUT2D eigenvalue weighted by atomic mass is 35.5. The molecule has 3 rings (SSSR count). The summed E-state index contributed by atoms with van der Waals surface area (Å²) in [5, 5.41) is 7.51. The van der Waals surface area contributed by atoms with E-state index in [1.165, 1.54) is 11.3 Å². The van der Waals surface area contributed by atoms with Crippen LogP contribution in [0.2, 0.25) is 5.02 Å². The van der Waals surface area contributed by atoms with E-state index in [4.69, 9.17) is 16.6 Å². The molecule has 1 aliphatic rings. The van der Waals surface area contributed by atoms with Crippen LogP contribution < -0.4 is 5.32 Å². The first-order chi connectivity index (χ1) is 9.79. The fourth-order valence-electron chi connectivity index (χ4n) is 2.42. The Labute approximate surface area is 128 Å². The molecule has 106 valence electrons. The number of halogens is 1. The third kappa shape index (κ3) is 3.79. The van der Waals surface area contributed by atoms with Crippen molar-refractivity contribution in [2.45, 2.75) is 13.0 Å². The third-order valence-corrected chi connectivity index (χ3v) is 4.57. The van der Waals surface area contributed by atoms with E-state index in [1.807, 2.05) is 18.2 Å². The van der Waals surface area contributed by atoms with E-state index < -0.39 is 0 Å². The monoisotopic (exact) mass is 307 g/mol. The Morgan fingerprint density at radius 1 is 1.30 bits per heavy atom. The molecule has 2 heterocycles. The van der Waals surface area contributed by atoms with Gasteiger partial charge in [-0.3, -0.25) is 4.90 Å². The smallest absolute Gasteiger partial charge is 0.0972 e. The van der Waals surface area contributed by atoms with E-state index >= 15 is 0 Å². The molecule has 1 aromatic heterocycles. The van der Waals surface area contributed by atoms with Crippen LogP contribution in [0.1, 0.15) is 16.3 Å². The van der Waals surface area contributed by atoms with Crippen molar-refractivity contribution in [3.05, 3.63) is 50.9 Å². The lowest BCUT2D eigenvalue weighted by atomic mass is 10.2. The topological polar surface area (TPSA) is 28.2 Å². The van der Waals surface area contributed by atoms with Crippen LogP contribution in [0, 0.1) is 0 Å². The van der Waals surface area contributed by atoms with Crippen molar-refractivity contribution < 1.29 is 0 Å². The molecule has 0 saturated carbocycles. The molecule has 0 spiro atoms. The number of piperazine rings is 1. The van der Waals surface area contributed by atoms with Crippen molar-refractivity contribution in [3.8, 4) is 0 Å². The van der Waals surface area contributed by atoms with E-state index in [-0.39, 0.29) is 0 Å². The van der Waals surface area contributed by atoms with Crippen LogP contribution in [-0.2, 0) is 13.0 Å². The Morgan fingerprint density at radius 2 is 2.15 bits per heavy atom. The van der Waals surface area contributed by atoms with E-state index in [1.54, 1.807) is 11.3 Å². The second-order valence-electron chi connectivity index (χ2n) is 5.07. The maximum Gasteiger partial charge on any atom is 0.0972 e. The lowest BCUT2D eigenvalue weighted by molar-refractivity contribution is 0.231. The minimum Gasteiger partial charge on any atom is -0.314 e. The standard InChI is InChI=1S/C15H18ClN3S/c16-13-3-1-2-12(8-13)9-15-18-14(11-20-15)10-19-6-4-17-5-7-19/h1-3,8,11,17H,4-7,9-10H2. The van der Waals surface area contributed by atoms with E-state index in [0.29, 0.717) is 0 Å². The van der Waals surface area contributed by atoms with Crippen LogP contribution in [-0.4, -0.2) is 36.1 Å². The molecule has 1 aliphatic heterocycles. The van der Waals surface area contributed by atoms with Crippen LogP contribution in [0.4, 0.5) is 0 Å². The van der Waals surface area contributed by atoms with Gasteiger partial charge in [-0.05, 0) is 17.7 Å². The largest absolute Gasteiger partial charge is 0.314 e. The minimum absolute atomic E-state index is 0.792. The average Bonchev–Trinajstić information content (AvgIpc) is 2.87. The maximum atomic E-state index is 6.02. The Hall–Kier alpha value is -0.940. The molecule has 0 unspecified atom stereocenters. The molecule has 0 amide bonds. The van der Waals surface area contributed by atoms with Crippen LogP contribution >= 0.6 is 22.9 Å². The number of hydrogen-bond acceptors (Lipinski definition) is 4. The zero-order valence-corrected chi connectivity index (χ0v) is 12.9. The highest BCUT2D eigenvalue weighted by Gasteiger charge is 2.12. The van der Waals surface area contributed by atoms with Gasteiger partial charge in [0, 0.05) is 49.5 Å². The fourth-order valence-corrected chi connectivity index (χ4v) is 3.45. The van der Waals surface area contributed by atoms with Gasteiger partial charge in [0.05, 0.1) is 10.7 Å². The second-order valence-corrected chi connectivity index (χ2v) is 6.44. The molecule has 0 bridgehead atoms. The summed E-state index contributed by atoms with van der Waals surface area (Å²) in [4.78, 5) is 7.20. The van der Waals surface area contributed by atoms with E-state index in [2.05, 4.69) is 21.7 Å². The number of benzene rings is 1. The molecule has 1 fully saturated rings. The highest BCUT2D eigenvalue weighted by molar-refractivity contribution is 7.09. The molecule has 2 aromatic rings. The summed E-state index contributed by atoms with van der Waals surface area (Å²) >= 11 is 7.76. The van der Waals surface area contributed by atoms with Gasteiger partial charge in [0.1, 0.15) is 0 Å². The summed E-state index contributed by atoms with van der Waals surface area (Å²) < 4.78 is 0. The number of nitrogens with one attached hydrogen (secondary N) is 1. The molecule has 1 N–H and O–H groups in total. The molecule has 0 radical (unpaired) electrons. The molecular formula is C15H18ClN3S. The highest BCUT2D eigenvalue weighted by Crippen LogP contribution is 2.18. The summed E-state index contributed by atoms with van der Waals surface area (Å²) in [6, 6.07) is 8.01. The first-order valence-electron chi connectivity index (χ1n) is 6.90. The SMILES string of the molecule is Clc1cccc(Cc2nc(CN3CCNCC3)cs2)c1. The van der Waals surface area contributed by atoms with Gasteiger partial charge in [-0.1, -0.05) is 23.7 Å². The summed E-state index contributed by atoms with van der Waals surface area (Å²) in [6.07, 6.45) is 0.868. The molecule has 1 aromatic carbocycles. The van der Waals surface area contributed by atoms with Gasteiger partial charge in [0.2, 0.25) is 0 Å². The Bertz CT molecular complexity index is 564. The van der Waals surface area contributed by atoms with Crippen LogP contribution in [0.25, 0.3) is 0 Å². The van der Waals surface area contributed by atoms with Gasteiger partial charge >= 0.3 is 0 Å². The predicted octanol–water partition coefficient (Wildman–Crippen LogP) is 2.79. The maximum absolute atomic E-state index is 6.02. The average molecular weight is 308 g/mol. The molecule has 20 heavy (non-hydrogen) atoms. The van der Waals surface area contributed by atoms with Gasteiger partial charge in [0.25, 0.3) is 0 Å². The van der Waals surface area contributed by atoms with E-state index in [9.17, 15) is 0 Å². The normalized spacial score (nSPS) is 16.4. The number of hydrogen-bond donors (Lipinski definition) is 1. The minimum atomic E-state index is 0.792. The molecule has 5 heteroatoms. The Kier molecular flexibility index (Phi) is 4.68. The molecule has 0 atom stereocenters. The van der Waals surface area contributed by atoms with Gasteiger partial charge in [0.15, 0.2) is 0 Å². The predicted molar refractivity (Wildman–Crippen MR) is 84.5 cm³/mol. The van der Waals surface area contributed by atoms with Crippen LogP contribution in [0.5, 0.6) is 0 Å². The molecule has 0 aliphatic carbocycles. The third-order valence-electron chi connectivity index (χ3n) is 3.44. The first-order valence-corrected chi connectivity index (χ1v) is 8.16. The first kappa shape index (κ1) is 14.0. The Morgan fingerprint density at radius 3 is 2.95 bits per heavy atom. The number of aromatic nitrogens is 1. The second kappa shape index (κ2) is 6.68. The van der Waals surface area contributed by atoms with Crippen LogP contribution in [0.15, 0.2) is 29.6 Å². The lowest BCUT2D eigenvalue weighted by Crippen LogP contribution is -2.42. The summed E-state index contributed by atoms with van der Waals surface area (Å²) in [5.41, 5.74) is 2.41. The van der Waals surface area contributed by atoms with Gasteiger partial charge in [-0.15, -0.1) is 11.3 Å². The van der Waals surface area contributed by atoms with Gasteiger partial charge in [-0.2, -0.15) is 0 Å². The van der Waals surface area contributed by atoms with Crippen molar-refractivity contribution in [1.29, 1.82) is 0 Å². The van der Waals surface area contributed by atoms with Crippen molar-refractivity contribution in [2.75, 3.05) is 26.2 Å². The van der Waals surface area contributed by atoms with Crippen molar-refractivity contribution in [3.63, 3.8) is 0 Å². The zero-order valence-electron chi connectivity index (χ0n) is 11.3. The summed E-state index contributed by atoms with van der Waals surface area (Å²) in [7, 11) is 0. The number of rotatable bonds is 4. The van der Waals surface area contributed by atoms with Gasteiger partial charge < -0.3 is 5.32 Å². The molecular weight excluding hydrogens is 290 g/mol. The van der Waals surface area contributed by atoms with Crippen LogP contribution in [0.3, 0.4) is 0 Å². The Balaban J connectivity index is 1.61. The van der Waals surface area contributed by atoms with Crippen molar-refractivity contribution in [1.82, 2.24) is 15.2 Å². The summed E-state index contributed by atoms with van der Waals surface area (Å²) in [6.45, 7) is 5.36. The molecule has 1 saturated heterocycles. The van der Waals surface area contributed by atoms with Crippen molar-refractivity contribution >= 4 is 22.9 Å². The lowest BCUT2D eigenvalue weighted by Gasteiger charge is -2.26. The zero-order chi connectivity index (χ0) is 13.8. The van der Waals surface area contributed by atoms with Gasteiger partial charge in [-0.25, -0.2) is 4.98 Å². The number of thiazole rings is 1. The van der Waals surface area contributed by atoms with E-state index in [0.717, 1.165) is 49.2 Å². The molecule has 3 nitrogen and oxygen atoms in total. The summed E-state index contributed by atoms with van der Waals surface area (Å²) in [5.74, 6) is 0.